The summed E-state index contributed by atoms with van der Waals surface area (Å²) in [5.41, 5.74) is 6.81. The summed E-state index contributed by atoms with van der Waals surface area (Å²) >= 11 is 0. The van der Waals surface area contributed by atoms with Crippen molar-refractivity contribution in [1.29, 1.82) is 0 Å². The van der Waals surface area contributed by atoms with Gasteiger partial charge in [0.2, 0.25) is 0 Å². The normalized spacial score (nSPS) is 11.5. The van der Waals surface area contributed by atoms with Crippen LogP contribution >= 0.6 is 0 Å². The monoisotopic (exact) mass is 323 g/mol. The Hall–Kier alpha value is -2.29. The minimum Gasteiger partial charge on any atom is -0.232 e. The summed E-state index contributed by atoms with van der Waals surface area (Å²) in [6.45, 7) is 10.0. The van der Waals surface area contributed by atoms with E-state index in [4.69, 9.17) is 0 Å². The Kier molecular flexibility index (Phi) is 4.12. The van der Waals surface area contributed by atoms with Gasteiger partial charge in [0.05, 0.1) is 12.4 Å². The summed E-state index contributed by atoms with van der Waals surface area (Å²) in [5.74, 6) is 0.291. The predicted octanol–water partition coefficient (Wildman–Crippen LogP) is 4.91. The van der Waals surface area contributed by atoms with Crippen LogP contribution in [-0.4, -0.2) is 4.98 Å². The number of nitrogens with zero attached hydrogens (tertiary/aromatic N) is 2. The molecule has 124 valence electrons. The number of hydrogen-bond acceptors (Lipinski definition) is 1. The number of rotatable bonds is 2. The molecule has 1 aromatic heterocycles. The van der Waals surface area contributed by atoms with Crippen LogP contribution in [0.1, 0.15) is 42.0 Å². The van der Waals surface area contributed by atoms with Gasteiger partial charge in [-0.25, -0.2) is 8.96 Å². The molecule has 0 radical (unpaired) electrons. The maximum atomic E-state index is 14.3. The van der Waals surface area contributed by atoms with Crippen LogP contribution in [0.5, 0.6) is 0 Å². The summed E-state index contributed by atoms with van der Waals surface area (Å²) in [6.07, 6.45) is 1.86. The van der Waals surface area contributed by atoms with Crippen molar-refractivity contribution in [2.75, 3.05) is 0 Å². The Morgan fingerprint density at radius 1 is 1.08 bits per heavy atom. The highest BCUT2D eigenvalue weighted by Crippen LogP contribution is 2.33. The Morgan fingerprint density at radius 2 is 1.79 bits per heavy atom. The van der Waals surface area contributed by atoms with Gasteiger partial charge in [-0.1, -0.05) is 26.0 Å². The van der Waals surface area contributed by atoms with Crippen molar-refractivity contribution < 1.29 is 8.96 Å². The minimum absolute atomic E-state index is 0.111. The van der Waals surface area contributed by atoms with Crippen molar-refractivity contribution in [3.8, 4) is 11.3 Å². The molecule has 24 heavy (non-hydrogen) atoms. The quantitative estimate of drug-likeness (QED) is 0.612. The fraction of sp³-hybridized carbons (Fsp3) is 0.333. The smallest absolute Gasteiger partial charge is 0.232 e. The molecule has 0 saturated heterocycles. The molecule has 0 atom stereocenters. The lowest BCUT2D eigenvalue weighted by atomic mass is 9.93. The van der Waals surface area contributed by atoms with Crippen LogP contribution in [-0.2, 0) is 7.05 Å². The summed E-state index contributed by atoms with van der Waals surface area (Å²) in [6, 6.07) is 8.28. The Morgan fingerprint density at radius 3 is 2.46 bits per heavy atom. The topological polar surface area (TPSA) is 16.8 Å². The van der Waals surface area contributed by atoms with Gasteiger partial charge in [-0.3, -0.25) is 0 Å². The molecule has 3 aromatic rings. The van der Waals surface area contributed by atoms with Gasteiger partial charge in [-0.05, 0) is 60.5 Å². The van der Waals surface area contributed by atoms with Gasteiger partial charge in [0.1, 0.15) is 11.5 Å². The first kappa shape index (κ1) is 16.6. The molecule has 0 unspecified atom stereocenters. The summed E-state index contributed by atoms with van der Waals surface area (Å²) < 4.78 is 16.3. The van der Waals surface area contributed by atoms with Crippen molar-refractivity contribution in [2.24, 2.45) is 7.05 Å². The standard InChI is InChI=1S/C21H24FN2/c1-12(2)16-8-7-9-17-20(16)23-11-24(6)21(17)18-10-13(3)19(22)15(5)14(18)4/h7-12H,1-6H3/q+1. The molecule has 0 aliphatic rings. The number of hydrogen-bond donors (Lipinski definition) is 0. The van der Waals surface area contributed by atoms with Crippen LogP contribution in [0, 0.1) is 26.6 Å². The zero-order chi connectivity index (χ0) is 17.6. The molecule has 0 aliphatic carbocycles. The molecular weight excluding hydrogens is 299 g/mol. The highest BCUT2D eigenvalue weighted by Gasteiger charge is 2.21. The molecule has 3 heteroatoms. The van der Waals surface area contributed by atoms with Gasteiger partial charge in [0.15, 0.2) is 5.52 Å². The Labute approximate surface area is 143 Å². The van der Waals surface area contributed by atoms with E-state index in [-0.39, 0.29) is 5.82 Å². The lowest BCUT2D eigenvalue weighted by Gasteiger charge is -2.14. The zero-order valence-electron chi connectivity index (χ0n) is 15.2. The fourth-order valence-corrected chi connectivity index (χ4v) is 3.39. The number of para-hydroxylation sites is 1. The van der Waals surface area contributed by atoms with Gasteiger partial charge < -0.3 is 0 Å². The van der Waals surface area contributed by atoms with E-state index in [1.807, 2.05) is 44.8 Å². The second-order valence-corrected chi connectivity index (χ2v) is 6.91. The maximum absolute atomic E-state index is 14.3. The molecule has 2 aromatic carbocycles. The lowest BCUT2D eigenvalue weighted by molar-refractivity contribution is -0.662. The van der Waals surface area contributed by atoms with E-state index in [2.05, 4.69) is 37.0 Å². The van der Waals surface area contributed by atoms with E-state index in [1.165, 1.54) is 5.56 Å². The van der Waals surface area contributed by atoms with E-state index in [0.717, 1.165) is 33.3 Å². The number of benzene rings is 2. The molecule has 0 saturated carbocycles. The molecular formula is C21H24FN2+. The third kappa shape index (κ3) is 2.48. The fourth-order valence-electron chi connectivity index (χ4n) is 3.39. The van der Waals surface area contributed by atoms with Crippen LogP contribution in [0.3, 0.4) is 0 Å². The second-order valence-electron chi connectivity index (χ2n) is 6.91. The Balaban J connectivity index is 2.44. The van der Waals surface area contributed by atoms with Crippen molar-refractivity contribution >= 4 is 10.9 Å². The predicted molar refractivity (Wildman–Crippen MR) is 96.6 cm³/mol. The Bertz CT molecular complexity index is 942. The van der Waals surface area contributed by atoms with Crippen molar-refractivity contribution in [2.45, 2.75) is 40.5 Å². The second kappa shape index (κ2) is 5.97. The molecule has 2 nitrogen and oxygen atoms in total. The number of fused-ring (bicyclic) bond motifs is 1. The average Bonchev–Trinajstić information content (AvgIpc) is 2.56. The molecule has 0 fully saturated rings. The zero-order valence-corrected chi connectivity index (χ0v) is 15.2. The van der Waals surface area contributed by atoms with Crippen LogP contribution in [0.15, 0.2) is 30.6 Å². The van der Waals surface area contributed by atoms with E-state index < -0.39 is 0 Å². The van der Waals surface area contributed by atoms with Gasteiger partial charge in [-0.2, -0.15) is 0 Å². The third-order valence-corrected chi connectivity index (χ3v) is 4.92. The van der Waals surface area contributed by atoms with Gasteiger partial charge in [0.25, 0.3) is 6.33 Å². The van der Waals surface area contributed by atoms with Crippen LogP contribution in [0.25, 0.3) is 22.2 Å². The number of aryl methyl sites for hydroxylation is 2. The molecule has 0 N–H and O–H groups in total. The largest absolute Gasteiger partial charge is 0.287 e. The van der Waals surface area contributed by atoms with Crippen LogP contribution in [0.4, 0.5) is 4.39 Å². The van der Waals surface area contributed by atoms with E-state index >= 15 is 0 Å². The van der Waals surface area contributed by atoms with Gasteiger partial charge >= 0.3 is 0 Å². The first-order valence-corrected chi connectivity index (χ1v) is 8.36. The lowest BCUT2D eigenvalue weighted by Crippen LogP contribution is -2.32. The molecule has 3 rings (SSSR count). The van der Waals surface area contributed by atoms with E-state index in [9.17, 15) is 4.39 Å². The number of halogens is 1. The van der Waals surface area contributed by atoms with Crippen LogP contribution < -0.4 is 4.57 Å². The van der Waals surface area contributed by atoms with Gasteiger partial charge in [-0.15, -0.1) is 0 Å². The third-order valence-electron chi connectivity index (χ3n) is 4.92. The highest BCUT2D eigenvalue weighted by molar-refractivity contribution is 5.93. The summed E-state index contributed by atoms with van der Waals surface area (Å²) in [7, 11) is 2.00. The molecule has 0 spiro atoms. The molecule has 0 bridgehead atoms. The molecule has 0 aliphatic heterocycles. The first-order chi connectivity index (χ1) is 11.3. The minimum atomic E-state index is -0.111. The van der Waals surface area contributed by atoms with Crippen LogP contribution in [0.2, 0.25) is 0 Å². The summed E-state index contributed by atoms with van der Waals surface area (Å²) in [4.78, 5) is 4.67. The van der Waals surface area contributed by atoms with E-state index in [1.54, 1.807) is 0 Å². The molecule has 1 heterocycles. The van der Waals surface area contributed by atoms with Crippen molar-refractivity contribution in [1.82, 2.24) is 4.98 Å². The van der Waals surface area contributed by atoms with Crippen molar-refractivity contribution in [3.63, 3.8) is 0 Å². The SMILES string of the molecule is Cc1cc(-c2c3cccc(C(C)C)c3nc[n+]2C)c(C)c(C)c1F. The van der Waals surface area contributed by atoms with Crippen molar-refractivity contribution in [3.05, 3.63) is 58.7 Å². The first-order valence-electron chi connectivity index (χ1n) is 8.36. The maximum Gasteiger partial charge on any atom is 0.287 e. The van der Waals surface area contributed by atoms with E-state index in [0.29, 0.717) is 11.5 Å². The summed E-state index contributed by atoms with van der Waals surface area (Å²) in [5, 5.41) is 1.11. The number of aromatic nitrogens is 2. The van der Waals surface area contributed by atoms with Gasteiger partial charge in [0, 0.05) is 11.1 Å². The molecule has 0 amide bonds. The highest BCUT2D eigenvalue weighted by atomic mass is 19.1. The average molecular weight is 323 g/mol.